The number of rotatable bonds is 34. The van der Waals surface area contributed by atoms with Crippen LogP contribution in [0.15, 0.2) is 0 Å². The molecule has 1 N–H and O–H groups in total. The van der Waals surface area contributed by atoms with E-state index in [2.05, 4.69) is 13.8 Å². The predicted molar refractivity (Wildman–Crippen MR) is 183 cm³/mol. The Balaban J connectivity index is 4.24. The fourth-order valence-corrected chi connectivity index (χ4v) is 5.76. The largest absolute Gasteiger partial charge is 0.472 e. The maximum atomic E-state index is 12.5. The first kappa shape index (κ1) is 43.5. The van der Waals surface area contributed by atoms with Crippen molar-refractivity contribution in [1.82, 2.24) is 0 Å². The average Bonchev–Trinajstić information content (AvgIpc) is 2.96. The minimum Gasteiger partial charge on any atom is -0.457 e. The Labute approximate surface area is 272 Å². The number of quaternary nitrogens is 1. The lowest BCUT2D eigenvalue weighted by Gasteiger charge is -2.24. The van der Waals surface area contributed by atoms with Crippen LogP contribution < -0.4 is 0 Å². The van der Waals surface area contributed by atoms with Gasteiger partial charge < -0.3 is 18.9 Å². The third kappa shape index (κ3) is 32.9. The Bertz CT molecular complexity index is 686. The zero-order valence-corrected chi connectivity index (χ0v) is 30.6. The van der Waals surface area contributed by atoms with E-state index < -0.39 is 13.9 Å². The van der Waals surface area contributed by atoms with E-state index in [-0.39, 0.29) is 25.8 Å². The molecular formula is C35H73NO7P+. The van der Waals surface area contributed by atoms with Crippen molar-refractivity contribution >= 4 is 13.8 Å². The molecule has 0 aliphatic heterocycles. The molecule has 1 unspecified atom stereocenters. The minimum absolute atomic E-state index is 0.0931. The van der Waals surface area contributed by atoms with Crippen molar-refractivity contribution in [3.8, 4) is 0 Å². The number of unbranched alkanes of at least 4 members (excludes halogenated alkanes) is 20. The molecule has 0 aromatic rings. The lowest BCUT2D eigenvalue weighted by molar-refractivity contribution is -0.870. The molecule has 0 radical (unpaired) electrons. The summed E-state index contributed by atoms with van der Waals surface area (Å²) in [6.45, 7) is 5.61. The number of phosphoric acid groups is 1. The summed E-state index contributed by atoms with van der Waals surface area (Å²) in [4.78, 5) is 22.6. The molecule has 0 saturated carbocycles. The van der Waals surface area contributed by atoms with Crippen molar-refractivity contribution in [2.24, 2.45) is 0 Å². The molecule has 0 aliphatic carbocycles. The van der Waals surface area contributed by atoms with Crippen LogP contribution in [0.2, 0.25) is 0 Å². The Morgan fingerprint density at radius 2 is 1.05 bits per heavy atom. The highest BCUT2D eigenvalue weighted by molar-refractivity contribution is 7.47. The van der Waals surface area contributed by atoms with E-state index in [1.54, 1.807) is 0 Å². The Morgan fingerprint density at radius 1 is 0.614 bits per heavy atom. The summed E-state index contributed by atoms with van der Waals surface area (Å²) in [6.07, 6.45) is 27.0. The first-order valence-electron chi connectivity index (χ1n) is 18.3. The SMILES string of the molecule is CCCCCCCCCCCCCCCCOC[C@H](COP(=O)(O)OCC[N+](C)(C)C)OC(=O)CCCCCCCCCC. The van der Waals surface area contributed by atoms with Crippen molar-refractivity contribution in [2.45, 2.75) is 168 Å². The van der Waals surface area contributed by atoms with E-state index in [4.69, 9.17) is 18.5 Å². The summed E-state index contributed by atoms with van der Waals surface area (Å²) < 4.78 is 34.7. The fraction of sp³-hybridized carbons (Fsp3) is 0.971. The summed E-state index contributed by atoms with van der Waals surface area (Å²) >= 11 is 0. The number of hydrogen-bond donors (Lipinski definition) is 1. The second-order valence-electron chi connectivity index (χ2n) is 13.6. The number of hydrogen-bond acceptors (Lipinski definition) is 6. The summed E-state index contributed by atoms with van der Waals surface area (Å²) in [5.74, 6) is -0.316. The normalized spacial score (nSPS) is 14.0. The number of carbonyl (C=O) groups excluding carboxylic acids is 1. The van der Waals surface area contributed by atoms with E-state index >= 15 is 0 Å². The van der Waals surface area contributed by atoms with Gasteiger partial charge in [-0.3, -0.25) is 13.8 Å². The van der Waals surface area contributed by atoms with Gasteiger partial charge in [-0.25, -0.2) is 4.57 Å². The predicted octanol–water partition coefficient (Wildman–Crippen LogP) is 9.77. The summed E-state index contributed by atoms with van der Waals surface area (Å²) in [6, 6.07) is 0. The quantitative estimate of drug-likeness (QED) is 0.0321. The van der Waals surface area contributed by atoms with Crippen molar-refractivity contribution in [3.05, 3.63) is 0 Å². The Morgan fingerprint density at radius 3 is 1.50 bits per heavy atom. The van der Waals surface area contributed by atoms with Crippen LogP contribution in [0.25, 0.3) is 0 Å². The number of nitrogens with zero attached hydrogens (tertiary/aromatic N) is 1. The van der Waals surface area contributed by atoms with Crippen molar-refractivity contribution in [2.75, 3.05) is 54.1 Å². The third-order valence-corrected chi connectivity index (χ3v) is 8.90. The van der Waals surface area contributed by atoms with Crippen LogP contribution >= 0.6 is 7.82 Å². The smallest absolute Gasteiger partial charge is 0.457 e. The molecule has 44 heavy (non-hydrogen) atoms. The Kier molecular flexibility index (Phi) is 29.5. The maximum Gasteiger partial charge on any atom is 0.472 e. The average molecular weight is 651 g/mol. The molecule has 0 amide bonds. The molecule has 0 aliphatic rings. The molecule has 0 aromatic heterocycles. The van der Waals surface area contributed by atoms with Gasteiger partial charge in [0, 0.05) is 13.0 Å². The molecule has 2 atom stereocenters. The fourth-order valence-electron chi connectivity index (χ4n) is 5.02. The van der Waals surface area contributed by atoms with Crippen LogP contribution in [0, 0.1) is 0 Å². The van der Waals surface area contributed by atoms with E-state index in [9.17, 15) is 14.3 Å². The summed E-state index contributed by atoms with van der Waals surface area (Å²) in [5.41, 5.74) is 0. The van der Waals surface area contributed by atoms with Crippen LogP contribution in [-0.4, -0.2) is 75.6 Å². The van der Waals surface area contributed by atoms with E-state index in [1.807, 2.05) is 21.1 Å². The van der Waals surface area contributed by atoms with Gasteiger partial charge in [-0.1, -0.05) is 142 Å². The molecule has 9 heteroatoms. The van der Waals surface area contributed by atoms with E-state index in [0.717, 1.165) is 32.1 Å². The highest BCUT2D eigenvalue weighted by Crippen LogP contribution is 2.43. The molecule has 0 bridgehead atoms. The van der Waals surface area contributed by atoms with Crippen LogP contribution in [0.3, 0.4) is 0 Å². The number of likely N-dealkylation sites (N-methyl/N-ethyl adjacent to an activating group) is 1. The van der Waals surface area contributed by atoms with Crippen LogP contribution in [0.4, 0.5) is 0 Å². The number of carbonyl (C=O) groups is 1. The van der Waals surface area contributed by atoms with Crippen LogP contribution in [0.1, 0.15) is 162 Å². The molecule has 0 saturated heterocycles. The molecule has 0 rings (SSSR count). The molecule has 264 valence electrons. The van der Waals surface area contributed by atoms with Gasteiger partial charge in [0.1, 0.15) is 19.3 Å². The van der Waals surface area contributed by atoms with Crippen molar-refractivity contribution < 1.29 is 37.3 Å². The highest BCUT2D eigenvalue weighted by Gasteiger charge is 2.26. The van der Waals surface area contributed by atoms with Crippen molar-refractivity contribution in [1.29, 1.82) is 0 Å². The second kappa shape index (κ2) is 29.9. The zero-order chi connectivity index (χ0) is 32.8. The van der Waals surface area contributed by atoms with Gasteiger partial charge in [-0.05, 0) is 12.8 Å². The lowest BCUT2D eigenvalue weighted by Crippen LogP contribution is -2.37. The van der Waals surface area contributed by atoms with Gasteiger partial charge in [-0.2, -0.15) is 0 Å². The standard InChI is InChI=1S/C35H72NO7P/c1-6-8-10-12-14-16-17-18-19-20-21-23-25-27-30-40-32-34(33-42-44(38,39)41-31-29-36(3,4)5)43-35(37)28-26-24-22-15-13-11-9-7-2/h34H,6-33H2,1-5H3/p+1/t34-/m1/s1. The first-order valence-corrected chi connectivity index (χ1v) is 19.8. The molecule has 8 nitrogen and oxygen atoms in total. The van der Waals surface area contributed by atoms with Gasteiger partial charge in [0.15, 0.2) is 0 Å². The molecule has 0 spiro atoms. The van der Waals surface area contributed by atoms with Gasteiger partial charge in [-0.15, -0.1) is 0 Å². The minimum atomic E-state index is -4.25. The van der Waals surface area contributed by atoms with Crippen molar-refractivity contribution in [3.63, 3.8) is 0 Å². The number of phosphoric ester groups is 1. The topological polar surface area (TPSA) is 91.3 Å². The highest BCUT2D eigenvalue weighted by atomic mass is 31.2. The van der Waals surface area contributed by atoms with Gasteiger partial charge >= 0.3 is 13.8 Å². The Hall–Kier alpha value is -0.500. The van der Waals surface area contributed by atoms with E-state index in [0.29, 0.717) is 24.1 Å². The van der Waals surface area contributed by atoms with Gasteiger partial charge in [0.25, 0.3) is 0 Å². The number of esters is 1. The lowest BCUT2D eigenvalue weighted by atomic mass is 10.0. The first-order chi connectivity index (χ1) is 21.1. The van der Waals surface area contributed by atoms with Crippen LogP contribution in [-0.2, 0) is 27.9 Å². The van der Waals surface area contributed by atoms with Gasteiger partial charge in [0.05, 0.1) is 34.4 Å². The number of ether oxygens (including phenoxy) is 2. The van der Waals surface area contributed by atoms with Crippen LogP contribution in [0.5, 0.6) is 0 Å². The monoisotopic (exact) mass is 651 g/mol. The molecule has 0 fully saturated rings. The van der Waals surface area contributed by atoms with Gasteiger partial charge in [0.2, 0.25) is 0 Å². The molecular weight excluding hydrogens is 577 g/mol. The molecule has 0 aromatic carbocycles. The molecule has 0 heterocycles. The third-order valence-electron chi connectivity index (χ3n) is 7.92. The summed E-state index contributed by atoms with van der Waals surface area (Å²) in [5, 5.41) is 0. The second-order valence-corrected chi connectivity index (χ2v) is 15.1. The zero-order valence-electron chi connectivity index (χ0n) is 29.7. The summed E-state index contributed by atoms with van der Waals surface area (Å²) in [7, 11) is 1.68. The van der Waals surface area contributed by atoms with E-state index in [1.165, 1.54) is 109 Å². The maximum absolute atomic E-state index is 12.5.